The third-order valence-electron chi connectivity index (χ3n) is 2.50. The van der Waals surface area contributed by atoms with Gasteiger partial charge in [0.25, 0.3) is 0 Å². The fourth-order valence-corrected chi connectivity index (χ4v) is 2.06. The fourth-order valence-electron chi connectivity index (χ4n) is 1.62. The molecule has 7 heteroatoms. The zero-order valence-corrected chi connectivity index (χ0v) is 12.2. The molecule has 0 bridgehead atoms. The van der Waals surface area contributed by atoms with Crippen molar-refractivity contribution in [1.29, 1.82) is 0 Å². The minimum absolute atomic E-state index is 0.146. The summed E-state index contributed by atoms with van der Waals surface area (Å²) in [6, 6.07) is 11.1. The van der Waals surface area contributed by atoms with Crippen LogP contribution in [0.1, 0.15) is 5.56 Å². The third kappa shape index (κ3) is 4.64. The monoisotopic (exact) mass is 361 g/mol. The molecular weight excluding hydrogens is 351 g/mol. The Balaban J connectivity index is 2.16. The van der Waals surface area contributed by atoms with E-state index in [1.165, 1.54) is 18.2 Å². The minimum Gasteiger partial charge on any atom is -0.457 e. The Labute approximate surface area is 127 Å². The van der Waals surface area contributed by atoms with E-state index >= 15 is 0 Å². The molecule has 2 rings (SSSR count). The van der Waals surface area contributed by atoms with Crippen molar-refractivity contribution in [2.24, 2.45) is 5.73 Å². The zero-order chi connectivity index (χ0) is 15.5. The average molecular weight is 362 g/mol. The van der Waals surface area contributed by atoms with E-state index in [1.54, 1.807) is 18.2 Å². The molecule has 0 aromatic heterocycles. The van der Waals surface area contributed by atoms with Gasteiger partial charge in [-0.25, -0.2) is 0 Å². The van der Waals surface area contributed by atoms with Crippen molar-refractivity contribution in [1.82, 2.24) is 0 Å². The molecule has 21 heavy (non-hydrogen) atoms. The molecule has 0 saturated heterocycles. The number of ether oxygens (including phenoxy) is 2. The highest BCUT2D eigenvalue weighted by atomic mass is 79.9. The molecule has 0 spiro atoms. The van der Waals surface area contributed by atoms with Gasteiger partial charge in [0.15, 0.2) is 0 Å². The van der Waals surface area contributed by atoms with Crippen LogP contribution in [0.5, 0.6) is 17.2 Å². The molecule has 0 heterocycles. The van der Waals surface area contributed by atoms with Crippen molar-refractivity contribution in [3.05, 3.63) is 52.5 Å². The summed E-state index contributed by atoms with van der Waals surface area (Å²) in [4.78, 5) is 0. The van der Waals surface area contributed by atoms with Crippen molar-refractivity contribution < 1.29 is 22.6 Å². The normalized spacial score (nSPS) is 11.3. The SMILES string of the molecule is NCc1cccc(Oc2ccc(OC(F)(F)F)c(Br)c2)c1. The van der Waals surface area contributed by atoms with Crippen molar-refractivity contribution in [3.63, 3.8) is 0 Å². The van der Waals surface area contributed by atoms with E-state index in [-0.39, 0.29) is 10.2 Å². The van der Waals surface area contributed by atoms with Crippen molar-refractivity contribution >= 4 is 15.9 Å². The number of rotatable bonds is 4. The summed E-state index contributed by atoms with van der Waals surface area (Å²) in [5.74, 6) is 0.602. The van der Waals surface area contributed by atoms with Crippen LogP contribution in [0.15, 0.2) is 46.9 Å². The quantitative estimate of drug-likeness (QED) is 0.865. The van der Waals surface area contributed by atoms with Crippen LogP contribution >= 0.6 is 15.9 Å². The molecule has 0 amide bonds. The molecule has 0 fully saturated rings. The van der Waals surface area contributed by atoms with Crippen LogP contribution in [0.2, 0.25) is 0 Å². The minimum atomic E-state index is -4.74. The van der Waals surface area contributed by atoms with Crippen LogP contribution in [0, 0.1) is 0 Å². The summed E-state index contributed by atoms with van der Waals surface area (Å²) < 4.78 is 46.1. The van der Waals surface area contributed by atoms with Crippen LogP contribution in [0.25, 0.3) is 0 Å². The van der Waals surface area contributed by atoms with Gasteiger partial charge < -0.3 is 15.2 Å². The molecule has 3 nitrogen and oxygen atoms in total. The van der Waals surface area contributed by atoms with Crippen LogP contribution in [-0.2, 0) is 6.54 Å². The van der Waals surface area contributed by atoms with E-state index in [0.717, 1.165) is 5.56 Å². The van der Waals surface area contributed by atoms with E-state index in [1.807, 2.05) is 6.07 Å². The first-order valence-electron chi connectivity index (χ1n) is 5.89. The van der Waals surface area contributed by atoms with Gasteiger partial charge in [-0.1, -0.05) is 12.1 Å². The lowest BCUT2D eigenvalue weighted by Gasteiger charge is -2.12. The van der Waals surface area contributed by atoms with Gasteiger partial charge >= 0.3 is 6.36 Å². The first-order valence-corrected chi connectivity index (χ1v) is 6.69. The van der Waals surface area contributed by atoms with E-state index in [0.29, 0.717) is 18.0 Å². The topological polar surface area (TPSA) is 44.5 Å². The number of alkyl halides is 3. The maximum atomic E-state index is 12.2. The highest BCUT2D eigenvalue weighted by Crippen LogP contribution is 2.34. The molecule has 0 radical (unpaired) electrons. The Morgan fingerprint density at radius 1 is 1.05 bits per heavy atom. The van der Waals surface area contributed by atoms with Crippen molar-refractivity contribution in [3.8, 4) is 17.2 Å². The fraction of sp³-hybridized carbons (Fsp3) is 0.143. The standard InChI is InChI=1S/C14H11BrF3NO2/c15-12-7-11(4-5-13(12)21-14(16,17)18)20-10-3-1-2-9(6-10)8-19/h1-7H,8,19H2. The van der Waals surface area contributed by atoms with E-state index in [2.05, 4.69) is 20.7 Å². The summed E-state index contributed by atoms with van der Waals surface area (Å²) in [6.45, 7) is 0.374. The van der Waals surface area contributed by atoms with Crippen molar-refractivity contribution in [2.45, 2.75) is 12.9 Å². The Morgan fingerprint density at radius 3 is 2.38 bits per heavy atom. The van der Waals surface area contributed by atoms with Gasteiger partial charge in [-0.05, 0) is 51.8 Å². The number of hydrogen-bond acceptors (Lipinski definition) is 3. The first kappa shape index (κ1) is 15.7. The van der Waals surface area contributed by atoms with Crippen LogP contribution in [0.3, 0.4) is 0 Å². The smallest absolute Gasteiger partial charge is 0.457 e. The molecule has 112 valence electrons. The van der Waals surface area contributed by atoms with Gasteiger partial charge in [-0.3, -0.25) is 0 Å². The molecule has 0 saturated carbocycles. The maximum Gasteiger partial charge on any atom is 0.573 e. The van der Waals surface area contributed by atoms with E-state index in [4.69, 9.17) is 10.5 Å². The molecule has 0 aliphatic heterocycles. The van der Waals surface area contributed by atoms with E-state index < -0.39 is 6.36 Å². The zero-order valence-electron chi connectivity index (χ0n) is 10.7. The average Bonchev–Trinajstić information content (AvgIpc) is 2.41. The Morgan fingerprint density at radius 2 is 1.76 bits per heavy atom. The Hall–Kier alpha value is -1.73. The molecule has 0 atom stereocenters. The second-order valence-corrected chi connectivity index (χ2v) is 4.95. The molecular formula is C14H11BrF3NO2. The van der Waals surface area contributed by atoms with Gasteiger partial charge in [-0.15, -0.1) is 13.2 Å². The lowest BCUT2D eigenvalue weighted by molar-refractivity contribution is -0.274. The summed E-state index contributed by atoms with van der Waals surface area (Å²) in [7, 11) is 0. The molecule has 2 aromatic rings. The number of hydrogen-bond donors (Lipinski definition) is 1. The predicted molar refractivity (Wildman–Crippen MR) is 75.2 cm³/mol. The second-order valence-electron chi connectivity index (χ2n) is 4.09. The molecule has 2 aromatic carbocycles. The highest BCUT2D eigenvalue weighted by Gasteiger charge is 2.32. The summed E-state index contributed by atoms with van der Waals surface area (Å²) in [6.07, 6.45) is -4.74. The van der Waals surface area contributed by atoms with E-state index in [9.17, 15) is 13.2 Å². The predicted octanol–water partition coefficient (Wildman–Crippen LogP) is 4.60. The molecule has 0 aliphatic rings. The number of halogens is 4. The van der Waals surface area contributed by atoms with Crippen LogP contribution in [-0.4, -0.2) is 6.36 Å². The Kier molecular flexibility index (Phi) is 4.74. The van der Waals surface area contributed by atoms with Crippen molar-refractivity contribution in [2.75, 3.05) is 0 Å². The lowest BCUT2D eigenvalue weighted by atomic mass is 10.2. The highest BCUT2D eigenvalue weighted by molar-refractivity contribution is 9.10. The molecule has 0 aliphatic carbocycles. The van der Waals surface area contributed by atoms with Gasteiger partial charge in [0.1, 0.15) is 17.2 Å². The third-order valence-corrected chi connectivity index (χ3v) is 3.12. The summed E-state index contributed by atoms with van der Waals surface area (Å²) in [5.41, 5.74) is 6.42. The molecule has 0 unspecified atom stereocenters. The summed E-state index contributed by atoms with van der Waals surface area (Å²) in [5, 5.41) is 0. The largest absolute Gasteiger partial charge is 0.573 e. The second kappa shape index (κ2) is 6.36. The van der Waals surface area contributed by atoms with Gasteiger partial charge in [0.05, 0.1) is 4.47 Å². The Bertz CT molecular complexity index is 632. The lowest BCUT2D eigenvalue weighted by Crippen LogP contribution is -2.17. The van der Waals surface area contributed by atoms with Crippen LogP contribution in [0.4, 0.5) is 13.2 Å². The molecule has 2 N–H and O–H groups in total. The maximum absolute atomic E-state index is 12.2. The first-order chi connectivity index (χ1) is 9.87. The summed E-state index contributed by atoms with van der Waals surface area (Å²) >= 11 is 3.02. The number of nitrogens with two attached hydrogens (primary N) is 1. The van der Waals surface area contributed by atoms with Crippen LogP contribution < -0.4 is 15.2 Å². The number of benzene rings is 2. The van der Waals surface area contributed by atoms with Gasteiger partial charge in [0, 0.05) is 6.54 Å². The van der Waals surface area contributed by atoms with Gasteiger partial charge in [-0.2, -0.15) is 0 Å². The van der Waals surface area contributed by atoms with Gasteiger partial charge in [0.2, 0.25) is 0 Å².